The Morgan fingerprint density at radius 2 is 1.01 bits per heavy atom. The number of ketones is 2. The maximum absolute atomic E-state index is 13.3. The molecular weight excluding hydrogens is 1090 g/mol. The Labute approximate surface area is 505 Å². The summed E-state index contributed by atoms with van der Waals surface area (Å²) in [4.78, 5) is 118. The van der Waals surface area contributed by atoms with Gasteiger partial charge < -0.3 is 51.0 Å². The molecule has 5 amide bonds. The van der Waals surface area contributed by atoms with E-state index in [9.17, 15) is 53.4 Å². The summed E-state index contributed by atoms with van der Waals surface area (Å²) in [6.07, 6.45) is 5.45. The van der Waals surface area contributed by atoms with Crippen LogP contribution in [0.15, 0.2) is 36.4 Å². The highest BCUT2D eigenvalue weighted by Gasteiger charge is 2.32. The SMILES string of the molecule is CC(=O)CN(CCN(CC(=O)OC(C)(C)C)Cc1cc(CCC(=O)N[C@@H](C)C(C)=O)ccc1O)Cc1cc(CCC(=O)NCCCCCC(=O)NCCCC[C@H](NC(=O)N[C@@H](CCC(=O)OC(C)(C)C)C(=O)OC(C)(C)C)C(C)(C)C)ccc1O. The molecule has 0 heterocycles. The van der Waals surface area contributed by atoms with Crippen LogP contribution in [0.2, 0.25) is 0 Å². The van der Waals surface area contributed by atoms with Gasteiger partial charge in [0.1, 0.15) is 40.1 Å². The Bertz CT molecular complexity index is 2520. The summed E-state index contributed by atoms with van der Waals surface area (Å²) in [6, 6.07) is 7.68. The van der Waals surface area contributed by atoms with Crippen molar-refractivity contribution in [3.05, 3.63) is 58.7 Å². The highest BCUT2D eigenvalue weighted by atomic mass is 16.6. The van der Waals surface area contributed by atoms with E-state index in [1.165, 1.54) is 19.9 Å². The number of phenols is 2. The molecule has 7 N–H and O–H groups in total. The lowest BCUT2D eigenvalue weighted by molar-refractivity contribution is -0.159. The number of aromatic hydroxyl groups is 2. The minimum atomic E-state index is -1.07. The average Bonchev–Trinajstić information content (AvgIpc) is 3.52. The van der Waals surface area contributed by atoms with Gasteiger partial charge in [-0.05, 0) is 163 Å². The Morgan fingerprint density at radius 1 is 0.529 bits per heavy atom. The molecule has 2 aromatic rings. The molecule has 21 heteroatoms. The van der Waals surface area contributed by atoms with E-state index < -0.39 is 52.8 Å². The highest BCUT2D eigenvalue weighted by molar-refractivity contribution is 5.87. The number of hydrogen-bond donors (Lipinski definition) is 7. The molecular formula is C64H103N7O14. The zero-order valence-corrected chi connectivity index (χ0v) is 53.7. The molecule has 0 saturated heterocycles. The van der Waals surface area contributed by atoms with Crippen LogP contribution in [-0.2, 0) is 78.5 Å². The van der Waals surface area contributed by atoms with Crippen molar-refractivity contribution in [1.29, 1.82) is 0 Å². The number of nitrogens with zero attached hydrogens (tertiary/aromatic N) is 2. The van der Waals surface area contributed by atoms with Crippen molar-refractivity contribution in [2.75, 3.05) is 39.3 Å². The quantitative estimate of drug-likeness (QED) is 0.0195. The molecule has 21 nitrogen and oxygen atoms in total. The van der Waals surface area contributed by atoms with Crippen LogP contribution in [0, 0.1) is 5.41 Å². The molecule has 85 heavy (non-hydrogen) atoms. The molecule has 0 fully saturated rings. The lowest BCUT2D eigenvalue weighted by atomic mass is 9.84. The minimum absolute atomic E-state index is 0.000880. The first kappa shape index (κ1) is 74.5. The van der Waals surface area contributed by atoms with Gasteiger partial charge in [-0.3, -0.25) is 43.4 Å². The molecule has 0 bridgehead atoms. The lowest BCUT2D eigenvalue weighted by Gasteiger charge is -2.32. The first-order chi connectivity index (χ1) is 39.4. The molecule has 0 saturated carbocycles. The van der Waals surface area contributed by atoms with E-state index in [-0.39, 0.29) is 111 Å². The van der Waals surface area contributed by atoms with Crippen LogP contribution >= 0.6 is 0 Å². The van der Waals surface area contributed by atoms with Crippen LogP contribution in [0.5, 0.6) is 11.5 Å². The van der Waals surface area contributed by atoms with Gasteiger partial charge in [0.15, 0.2) is 5.78 Å². The molecule has 0 radical (unpaired) electrons. The number of esters is 3. The van der Waals surface area contributed by atoms with Crippen LogP contribution in [-0.4, -0.2) is 147 Å². The molecule has 0 spiro atoms. The number of ether oxygens (including phenoxy) is 3. The maximum atomic E-state index is 13.3. The summed E-state index contributed by atoms with van der Waals surface area (Å²) >= 11 is 0. The number of aryl methyl sites for hydroxylation is 2. The van der Waals surface area contributed by atoms with Crippen molar-refractivity contribution < 1.29 is 67.6 Å². The maximum Gasteiger partial charge on any atom is 0.329 e. The first-order valence-electron chi connectivity index (χ1n) is 30.0. The number of hydrogen-bond acceptors (Lipinski definition) is 16. The van der Waals surface area contributed by atoms with Crippen molar-refractivity contribution >= 4 is 53.2 Å². The zero-order valence-electron chi connectivity index (χ0n) is 53.7. The number of nitrogens with one attached hydrogen (secondary N) is 5. The van der Waals surface area contributed by atoms with Gasteiger partial charge >= 0.3 is 23.9 Å². The van der Waals surface area contributed by atoms with Gasteiger partial charge in [-0.15, -0.1) is 0 Å². The highest BCUT2D eigenvalue weighted by Crippen LogP contribution is 2.26. The van der Waals surface area contributed by atoms with Crippen LogP contribution in [0.4, 0.5) is 4.79 Å². The zero-order chi connectivity index (χ0) is 64.3. The molecule has 0 unspecified atom stereocenters. The van der Waals surface area contributed by atoms with E-state index in [2.05, 4.69) is 26.6 Å². The summed E-state index contributed by atoms with van der Waals surface area (Å²) in [5.74, 6) is -2.33. The number of unbranched alkanes of at least 4 members (excludes halogenated alkanes) is 3. The van der Waals surface area contributed by atoms with Gasteiger partial charge in [0.2, 0.25) is 17.7 Å². The van der Waals surface area contributed by atoms with Gasteiger partial charge in [0, 0.05) is 82.1 Å². The van der Waals surface area contributed by atoms with Gasteiger partial charge in [-0.25, -0.2) is 9.59 Å². The fourth-order valence-corrected chi connectivity index (χ4v) is 8.89. The van der Waals surface area contributed by atoms with Gasteiger partial charge in [0.25, 0.3) is 0 Å². The molecule has 0 aliphatic heterocycles. The normalized spacial score (nSPS) is 13.0. The van der Waals surface area contributed by atoms with Crippen molar-refractivity contribution in [1.82, 2.24) is 36.4 Å². The Hall–Kier alpha value is -6.61. The van der Waals surface area contributed by atoms with Crippen LogP contribution in [0.3, 0.4) is 0 Å². The van der Waals surface area contributed by atoms with E-state index in [4.69, 9.17) is 14.2 Å². The fraction of sp³-hybridized carbons (Fsp3) is 0.672. The molecule has 0 aliphatic rings. The summed E-state index contributed by atoms with van der Waals surface area (Å²) in [7, 11) is 0. The van der Waals surface area contributed by atoms with Gasteiger partial charge in [0.05, 0.1) is 19.1 Å². The van der Waals surface area contributed by atoms with Crippen molar-refractivity contribution in [3.63, 3.8) is 0 Å². The summed E-state index contributed by atoms with van der Waals surface area (Å²) in [5, 5.41) is 36.2. The topological polar surface area (TPSA) is 288 Å². The van der Waals surface area contributed by atoms with E-state index >= 15 is 0 Å². The standard InChI is InChI=1S/C64H103N7O14/c1-43(72)39-70(35-36-71(42-58(80)84-63(10,11)12)41-49-38-47(24-29-52(49)75)26-31-56(78)67-44(2)45(3)73)40-48-37-46(23-28-51(48)74)25-30-55(77)66-33-19-16-17-22-54(76)65-34-20-18-21-53(61(4,5)6)69-60(82)68-50(59(81)85-64(13,14)15)27-32-57(79)83-62(7,8)9/h23-24,28-29,37-38,44,50,53,74-75H,16-22,25-27,30-36,39-42H2,1-15H3,(H,65,76)(H,66,77)(H,67,78)(H2,68,69,82)/t44-,50-,53-/m0/s1. The Morgan fingerprint density at radius 3 is 1.51 bits per heavy atom. The molecule has 3 atom stereocenters. The second-order valence-electron chi connectivity index (χ2n) is 26.3. The molecule has 2 aromatic carbocycles. The van der Waals surface area contributed by atoms with Crippen molar-refractivity contribution in [2.24, 2.45) is 5.41 Å². The average molecular weight is 1190 g/mol. The summed E-state index contributed by atoms with van der Waals surface area (Å²) < 4.78 is 16.6. The number of carbonyl (C=O) groups is 9. The number of phenolic OH excluding ortho intramolecular Hbond substituents is 2. The second kappa shape index (κ2) is 35.8. The third-order valence-corrected chi connectivity index (χ3v) is 13.3. The minimum Gasteiger partial charge on any atom is -0.508 e. The third-order valence-electron chi connectivity index (χ3n) is 13.3. The van der Waals surface area contributed by atoms with E-state index in [1.54, 1.807) is 93.5 Å². The number of urea groups is 1. The van der Waals surface area contributed by atoms with Crippen molar-refractivity contribution in [3.8, 4) is 11.5 Å². The monoisotopic (exact) mass is 1190 g/mol. The number of amides is 5. The number of benzene rings is 2. The number of carbonyl (C=O) groups excluding carboxylic acids is 9. The van der Waals surface area contributed by atoms with Crippen LogP contribution in [0.1, 0.15) is 197 Å². The predicted octanol–water partition coefficient (Wildman–Crippen LogP) is 7.80. The van der Waals surface area contributed by atoms with Gasteiger partial charge in [-0.1, -0.05) is 51.5 Å². The Kier molecular flexibility index (Phi) is 31.3. The smallest absolute Gasteiger partial charge is 0.329 e. The molecule has 0 aromatic heterocycles. The number of Topliss-reactive ketones (excluding diaryl/α,β-unsaturated/α-hetero) is 2. The van der Waals surface area contributed by atoms with E-state index in [1.807, 2.05) is 36.6 Å². The van der Waals surface area contributed by atoms with Gasteiger partial charge in [-0.2, -0.15) is 0 Å². The number of rotatable bonds is 36. The van der Waals surface area contributed by atoms with Crippen LogP contribution < -0.4 is 26.6 Å². The van der Waals surface area contributed by atoms with E-state index in [0.717, 1.165) is 17.5 Å². The third kappa shape index (κ3) is 34.2. The van der Waals surface area contributed by atoms with E-state index in [0.29, 0.717) is 82.1 Å². The first-order valence-corrected chi connectivity index (χ1v) is 30.0. The predicted molar refractivity (Wildman–Crippen MR) is 326 cm³/mol. The Balaban J connectivity index is 1.88. The molecule has 0 aliphatic carbocycles. The molecule has 478 valence electrons. The van der Waals surface area contributed by atoms with Crippen LogP contribution in [0.25, 0.3) is 0 Å². The fourth-order valence-electron chi connectivity index (χ4n) is 8.89. The molecule has 2 rings (SSSR count). The van der Waals surface area contributed by atoms with Crippen molar-refractivity contribution in [2.45, 2.75) is 235 Å². The summed E-state index contributed by atoms with van der Waals surface area (Å²) in [5.41, 5.74) is 0.0999. The largest absolute Gasteiger partial charge is 0.508 e. The lowest BCUT2D eigenvalue weighted by Crippen LogP contribution is -2.53. The second-order valence-corrected chi connectivity index (χ2v) is 26.3. The summed E-state index contributed by atoms with van der Waals surface area (Å²) in [6.45, 7) is 28.0.